The molecule has 1 aromatic heterocycles. The molecule has 1 aliphatic heterocycles. The third-order valence-corrected chi connectivity index (χ3v) is 4.16. The lowest BCUT2D eigenvalue weighted by molar-refractivity contribution is 0.102. The van der Waals surface area contributed by atoms with E-state index in [1.165, 1.54) is 12.8 Å². The van der Waals surface area contributed by atoms with Crippen LogP contribution in [0.15, 0.2) is 42.7 Å². The lowest BCUT2D eigenvalue weighted by Crippen LogP contribution is -2.29. The number of benzene rings is 1. The van der Waals surface area contributed by atoms with E-state index in [9.17, 15) is 4.79 Å². The van der Waals surface area contributed by atoms with Gasteiger partial charge in [-0.2, -0.15) is 5.10 Å². The first-order chi connectivity index (χ1) is 11.8. The molecule has 0 radical (unpaired) electrons. The fourth-order valence-corrected chi connectivity index (χ4v) is 2.87. The van der Waals surface area contributed by atoms with Crippen LogP contribution >= 0.6 is 0 Å². The van der Waals surface area contributed by atoms with Gasteiger partial charge in [0.2, 0.25) is 0 Å². The van der Waals surface area contributed by atoms with Crippen molar-refractivity contribution in [2.24, 2.45) is 0 Å². The number of carbonyl (C=O) groups excluding carboxylic acids is 1. The molecule has 2 aromatic rings. The Balaban J connectivity index is 1.34. The molecule has 1 fully saturated rings. The van der Waals surface area contributed by atoms with Crippen LogP contribution in [0.3, 0.4) is 0 Å². The second-order valence-corrected chi connectivity index (χ2v) is 6.01. The van der Waals surface area contributed by atoms with Crippen LogP contribution < -0.4 is 10.6 Å². The van der Waals surface area contributed by atoms with E-state index in [0.717, 1.165) is 37.2 Å². The number of hydrogen-bond acceptors (Lipinski definition) is 3. The minimum atomic E-state index is -0.168. The van der Waals surface area contributed by atoms with Crippen molar-refractivity contribution in [1.82, 2.24) is 15.1 Å². The van der Waals surface area contributed by atoms with Gasteiger partial charge in [-0.3, -0.25) is 0 Å². The average Bonchev–Trinajstić information content (AvgIpc) is 3.29. The predicted molar refractivity (Wildman–Crippen MR) is 93.4 cm³/mol. The summed E-state index contributed by atoms with van der Waals surface area (Å²) in [6.07, 6.45) is 9.58. The van der Waals surface area contributed by atoms with Crippen molar-refractivity contribution in [2.75, 3.05) is 18.5 Å². The summed E-state index contributed by atoms with van der Waals surface area (Å²) in [5.41, 5.74) is 1.72. The standard InChI is InChI=1S/C18H24N4O2/c23-18(19-11-2-1-5-17-6-3-14-24-17)21-15-7-9-16(10-8-15)22-13-4-12-20-22/h4,7-10,12-13,17H,1-3,5-6,11,14H2,(H2,19,21,23)/t17-/m0/s1. The average molecular weight is 328 g/mol. The van der Waals surface area contributed by atoms with Crippen LogP contribution in [-0.4, -0.2) is 35.1 Å². The molecular weight excluding hydrogens is 304 g/mol. The Morgan fingerprint density at radius 3 is 2.88 bits per heavy atom. The van der Waals surface area contributed by atoms with Gasteiger partial charge in [0.1, 0.15) is 0 Å². The van der Waals surface area contributed by atoms with E-state index in [1.807, 2.05) is 36.5 Å². The summed E-state index contributed by atoms with van der Waals surface area (Å²) < 4.78 is 7.37. The highest BCUT2D eigenvalue weighted by molar-refractivity contribution is 5.89. The maximum Gasteiger partial charge on any atom is 0.319 e. The molecule has 1 aliphatic rings. The number of amides is 2. The lowest BCUT2D eigenvalue weighted by Gasteiger charge is -2.10. The maximum atomic E-state index is 11.9. The van der Waals surface area contributed by atoms with Gasteiger partial charge in [0.05, 0.1) is 11.8 Å². The number of rotatable bonds is 7. The van der Waals surface area contributed by atoms with E-state index in [1.54, 1.807) is 10.9 Å². The van der Waals surface area contributed by atoms with Crippen molar-refractivity contribution in [2.45, 2.75) is 38.2 Å². The van der Waals surface area contributed by atoms with Gasteiger partial charge >= 0.3 is 6.03 Å². The molecule has 3 rings (SSSR count). The normalized spacial score (nSPS) is 16.9. The van der Waals surface area contributed by atoms with Crippen LogP contribution in [0.1, 0.15) is 32.1 Å². The van der Waals surface area contributed by atoms with Crippen molar-refractivity contribution in [3.63, 3.8) is 0 Å². The molecule has 0 bridgehead atoms. The van der Waals surface area contributed by atoms with Crippen LogP contribution in [0, 0.1) is 0 Å². The molecule has 2 heterocycles. The Hall–Kier alpha value is -2.34. The van der Waals surface area contributed by atoms with Crippen molar-refractivity contribution in [1.29, 1.82) is 0 Å². The van der Waals surface area contributed by atoms with Gasteiger partial charge < -0.3 is 15.4 Å². The predicted octanol–water partition coefficient (Wildman–Crippen LogP) is 3.34. The van der Waals surface area contributed by atoms with Gasteiger partial charge in [-0.05, 0) is 62.4 Å². The monoisotopic (exact) mass is 328 g/mol. The quantitative estimate of drug-likeness (QED) is 0.766. The number of hydrogen-bond donors (Lipinski definition) is 2. The number of nitrogens with zero attached hydrogens (tertiary/aromatic N) is 2. The summed E-state index contributed by atoms with van der Waals surface area (Å²) >= 11 is 0. The Kier molecular flexibility index (Phi) is 5.85. The highest BCUT2D eigenvalue weighted by Gasteiger charge is 2.14. The second kappa shape index (κ2) is 8.49. The first-order valence-electron chi connectivity index (χ1n) is 8.58. The van der Waals surface area contributed by atoms with Gasteiger partial charge in [0.15, 0.2) is 0 Å². The number of anilines is 1. The third-order valence-electron chi connectivity index (χ3n) is 4.16. The zero-order valence-electron chi connectivity index (χ0n) is 13.8. The topological polar surface area (TPSA) is 68.2 Å². The summed E-state index contributed by atoms with van der Waals surface area (Å²) in [6.45, 7) is 1.59. The molecule has 0 saturated carbocycles. The molecule has 24 heavy (non-hydrogen) atoms. The van der Waals surface area contributed by atoms with E-state index in [0.29, 0.717) is 12.6 Å². The fourth-order valence-electron chi connectivity index (χ4n) is 2.87. The largest absolute Gasteiger partial charge is 0.378 e. The molecule has 6 nitrogen and oxygen atoms in total. The van der Waals surface area contributed by atoms with Gasteiger partial charge in [-0.25, -0.2) is 9.48 Å². The lowest BCUT2D eigenvalue weighted by atomic mass is 10.1. The smallest absolute Gasteiger partial charge is 0.319 e. The summed E-state index contributed by atoms with van der Waals surface area (Å²) in [7, 11) is 0. The zero-order chi connectivity index (χ0) is 16.6. The number of nitrogens with one attached hydrogen (secondary N) is 2. The van der Waals surface area contributed by atoms with E-state index in [2.05, 4.69) is 15.7 Å². The number of unbranched alkanes of at least 4 members (excludes halogenated alkanes) is 1. The molecule has 2 N–H and O–H groups in total. The number of aromatic nitrogens is 2. The molecule has 0 spiro atoms. The van der Waals surface area contributed by atoms with Crippen LogP contribution in [0.25, 0.3) is 5.69 Å². The first-order valence-corrected chi connectivity index (χ1v) is 8.58. The minimum absolute atomic E-state index is 0.168. The molecule has 1 atom stereocenters. The number of urea groups is 1. The number of carbonyl (C=O) groups is 1. The molecule has 1 saturated heterocycles. The Bertz CT molecular complexity index is 619. The Labute approximate surface area is 142 Å². The molecule has 0 aliphatic carbocycles. The minimum Gasteiger partial charge on any atom is -0.378 e. The molecule has 2 amide bonds. The summed E-state index contributed by atoms with van der Waals surface area (Å²) in [5.74, 6) is 0. The van der Waals surface area contributed by atoms with Gasteiger partial charge in [-0.15, -0.1) is 0 Å². The van der Waals surface area contributed by atoms with Gasteiger partial charge in [-0.1, -0.05) is 0 Å². The van der Waals surface area contributed by atoms with Crippen LogP contribution in [-0.2, 0) is 4.74 Å². The summed E-state index contributed by atoms with van der Waals surface area (Å²) in [4.78, 5) is 11.9. The van der Waals surface area contributed by atoms with Crippen LogP contribution in [0.4, 0.5) is 10.5 Å². The van der Waals surface area contributed by atoms with E-state index in [4.69, 9.17) is 4.74 Å². The summed E-state index contributed by atoms with van der Waals surface area (Å²) in [6, 6.07) is 9.29. The van der Waals surface area contributed by atoms with Crippen molar-refractivity contribution < 1.29 is 9.53 Å². The van der Waals surface area contributed by atoms with Gasteiger partial charge in [0, 0.05) is 31.2 Å². The first kappa shape index (κ1) is 16.5. The van der Waals surface area contributed by atoms with Crippen molar-refractivity contribution in [3.8, 4) is 5.69 Å². The Morgan fingerprint density at radius 1 is 1.29 bits per heavy atom. The second-order valence-electron chi connectivity index (χ2n) is 6.01. The van der Waals surface area contributed by atoms with Gasteiger partial charge in [0.25, 0.3) is 0 Å². The van der Waals surface area contributed by atoms with E-state index >= 15 is 0 Å². The maximum absolute atomic E-state index is 11.9. The SMILES string of the molecule is O=C(NCCCC[C@H]1CCCO1)Nc1ccc(-n2cccn2)cc1. The zero-order valence-corrected chi connectivity index (χ0v) is 13.8. The van der Waals surface area contributed by atoms with E-state index in [-0.39, 0.29) is 6.03 Å². The highest BCUT2D eigenvalue weighted by Crippen LogP contribution is 2.17. The molecule has 0 unspecified atom stereocenters. The molecule has 128 valence electrons. The van der Waals surface area contributed by atoms with Crippen LogP contribution in [0.2, 0.25) is 0 Å². The van der Waals surface area contributed by atoms with Crippen molar-refractivity contribution >= 4 is 11.7 Å². The molecule has 1 aromatic carbocycles. The Morgan fingerprint density at radius 2 is 2.17 bits per heavy atom. The van der Waals surface area contributed by atoms with E-state index < -0.39 is 0 Å². The molecule has 6 heteroatoms. The third kappa shape index (κ3) is 4.83. The van der Waals surface area contributed by atoms with Crippen LogP contribution in [0.5, 0.6) is 0 Å². The van der Waals surface area contributed by atoms with Crippen molar-refractivity contribution in [3.05, 3.63) is 42.7 Å². The highest BCUT2D eigenvalue weighted by atomic mass is 16.5. The number of ether oxygens (including phenoxy) is 1. The fraction of sp³-hybridized carbons (Fsp3) is 0.444. The molecular formula is C18H24N4O2. The summed E-state index contributed by atoms with van der Waals surface area (Å²) in [5, 5.41) is 9.90.